The molecule has 12 heavy (non-hydrogen) atoms. The fourth-order valence-electron chi connectivity index (χ4n) is 0.703. The minimum Gasteiger partial charge on any atom is -0.207 e. The third-order valence-electron chi connectivity index (χ3n) is 1.16. The van der Waals surface area contributed by atoms with Crippen molar-refractivity contribution in [1.29, 1.82) is 0 Å². The Morgan fingerprint density at radius 3 is 1.92 bits per heavy atom. The van der Waals surface area contributed by atoms with E-state index in [1.165, 1.54) is 0 Å². The highest BCUT2D eigenvalue weighted by Crippen LogP contribution is 2.28. The van der Waals surface area contributed by atoms with E-state index in [4.69, 9.17) is 11.2 Å². The zero-order valence-corrected chi connectivity index (χ0v) is 7.17. The monoisotopic (exact) mass is 213 g/mol. The second-order valence-electron chi connectivity index (χ2n) is 1.96. The second kappa shape index (κ2) is 3.42. The Bertz CT molecular complexity index is 319. The molecule has 0 spiro atoms. The molecule has 0 aliphatic carbocycles. The SMILES string of the molecule is O=[P+](Cl)c1c(F)cc(F)cc1F. The molecule has 0 saturated heterocycles. The first kappa shape index (κ1) is 9.49. The summed E-state index contributed by atoms with van der Waals surface area (Å²) in [6.45, 7) is 0. The topological polar surface area (TPSA) is 17.1 Å². The minimum atomic E-state index is -2.64. The van der Waals surface area contributed by atoms with Gasteiger partial charge in [-0.1, -0.05) is 0 Å². The molecule has 0 saturated carbocycles. The molecule has 0 radical (unpaired) electrons. The number of hydrogen-bond donors (Lipinski definition) is 0. The number of benzene rings is 1. The van der Waals surface area contributed by atoms with Gasteiger partial charge in [0, 0.05) is 12.1 Å². The number of halogens is 4. The van der Waals surface area contributed by atoms with E-state index in [2.05, 4.69) is 0 Å². The van der Waals surface area contributed by atoms with E-state index in [-0.39, 0.29) is 0 Å². The Hall–Kier alpha value is -0.600. The quantitative estimate of drug-likeness (QED) is 0.656. The Labute approximate surface area is 71.7 Å². The summed E-state index contributed by atoms with van der Waals surface area (Å²) < 4.78 is 48.0. The average molecular weight is 214 g/mol. The summed E-state index contributed by atoms with van der Waals surface area (Å²) in [5.41, 5.74) is 0. The molecule has 1 atom stereocenters. The van der Waals surface area contributed by atoms with Gasteiger partial charge in [-0.3, -0.25) is 0 Å². The minimum absolute atomic E-state index is 0.425. The van der Waals surface area contributed by atoms with Crippen LogP contribution in [0.3, 0.4) is 0 Å². The Morgan fingerprint density at radius 2 is 1.58 bits per heavy atom. The van der Waals surface area contributed by atoms with Crippen LogP contribution in [0.15, 0.2) is 12.1 Å². The number of hydrogen-bond acceptors (Lipinski definition) is 1. The molecule has 0 N–H and O–H groups in total. The predicted molar refractivity (Wildman–Crippen MR) is 39.4 cm³/mol. The van der Waals surface area contributed by atoms with Crippen molar-refractivity contribution in [2.45, 2.75) is 0 Å². The fourth-order valence-corrected chi connectivity index (χ4v) is 1.65. The van der Waals surface area contributed by atoms with Crippen molar-refractivity contribution < 1.29 is 17.7 Å². The molecule has 0 aromatic heterocycles. The highest BCUT2D eigenvalue weighted by atomic mass is 35.7. The van der Waals surface area contributed by atoms with Crippen LogP contribution in [0.2, 0.25) is 0 Å². The van der Waals surface area contributed by atoms with Crippen LogP contribution in [0, 0.1) is 17.5 Å². The van der Waals surface area contributed by atoms with Crippen LogP contribution in [0.25, 0.3) is 0 Å². The first-order valence-electron chi connectivity index (χ1n) is 2.80. The lowest BCUT2D eigenvalue weighted by Crippen LogP contribution is -2.07. The van der Waals surface area contributed by atoms with Crippen LogP contribution in [0.1, 0.15) is 0 Å². The van der Waals surface area contributed by atoms with Crippen molar-refractivity contribution in [1.82, 2.24) is 0 Å². The fraction of sp³-hybridized carbons (Fsp3) is 0. The summed E-state index contributed by atoms with van der Waals surface area (Å²) in [6.07, 6.45) is 0. The molecule has 1 rings (SSSR count). The molecular formula is C6H2ClF3OP+. The largest absolute Gasteiger partial charge is 0.500 e. The van der Waals surface area contributed by atoms with E-state index in [9.17, 15) is 17.7 Å². The molecule has 64 valence electrons. The summed E-state index contributed by atoms with van der Waals surface area (Å²) in [6, 6.07) is 0.849. The van der Waals surface area contributed by atoms with Crippen molar-refractivity contribution in [3.05, 3.63) is 29.6 Å². The first-order chi connectivity index (χ1) is 5.52. The van der Waals surface area contributed by atoms with Crippen molar-refractivity contribution >= 4 is 23.7 Å². The van der Waals surface area contributed by atoms with Crippen LogP contribution >= 0.6 is 18.4 Å². The van der Waals surface area contributed by atoms with Crippen LogP contribution in [0.5, 0.6) is 0 Å². The van der Waals surface area contributed by atoms with E-state index in [0.717, 1.165) is 0 Å². The van der Waals surface area contributed by atoms with Crippen LogP contribution in [0.4, 0.5) is 13.2 Å². The van der Waals surface area contributed by atoms with E-state index >= 15 is 0 Å². The molecule has 1 aromatic carbocycles. The van der Waals surface area contributed by atoms with Gasteiger partial charge < -0.3 is 0 Å². The standard InChI is InChI=1S/C6H2ClF3OP/c7-12(11)6-4(9)1-3(8)2-5(6)10/h1-2H/q+1. The lowest BCUT2D eigenvalue weighted by atomic mass is 10.3. The summed E-state index contributed by atoms with van der Waals surface area (Å²) in [5, 5.41) is -0.784. The molecule has 0 aliphatic heterocycles. The van der Waals surface area contributed by atoms with Crippen LogP contribution in [-0.4, -0.2) is 0 Å². The van der Waals surface area contributed by atoms with Crippen LogP contribution in [-0.2, 0) is 4.57 Å². The maximum Gasteiger partial charge on any atom is 0.500 e. The van der Waals surface area contributed by atoms with Gasteiger partial charge >= 0.3 is 7.15 Å². The smallest absolute Gasteiger partial charge is 0.207 e. The van der Waals surface area contributed by atoms with Gasteiger partial charge in [0.2, 0.25) is 11.2 Å². The van der Waals surface area contributed by atoms with Gasteiger partial charge in [-0.2, -0.15) is 0 Å². The van der Waals surface area contributed by atoms with Crippen LogP contribution < -0.4 is 5.30 Å². The van der Waals surface area contributed by atoms with Gasteiger partial charge in [-0.25, -0.2) is 13.2 Å². The Balaban J connectivity index is 3.38. The third-order valence-corrected chi connectivity index (χ3v) is 2.44. The van der Waals surface area contributed by atoms with Crippen molar-refractivity contribution in [2.75, 3.05) is 0 Å². The lowest BCUT2D eigenvalue weighted by Gasteiger charge is -1.91. The van der Waals surface area contributed by atoms with E-state index in [0.29, 0.717) is 12.1 Å². The highest BCUT2D eigenvalue weighted by Gasteiger charge is 2.28. The normalized spacial score (nSPS) is 11.5. The zero-order valence-electron chi connectivity index (χ0n) is 5.52. The second-order valence-corrected chi connectivity index (χ2v) is 3.82. The molecule has 1 aromatic rings. The first-order valence-corrected chi connectivity index (χ1v) is 4.96. The van der Waals surface area contributed by atoms with Gasteiger partial charge in [0.15, 0.2) is 11.6 Å². The van der Waals surface area contributed by atoms with E-state index in [1.807, 2.05) is 0 Å². The average Bonchev–Trinajstić information content (AvgIpc) is 1.82. The summed E-state index contributed by atoms with van der Waals surface area (Å²) in [4.78, 5) is 0. The van der Waals surface area contributed by atoms with Gasteiger partial charge in [0.05, 0.1) is 0 Å². The summed E-state index contributed by atoms with van der Waals surface area (Å²) in [5.74, 6) is -3.53. The van der Waals surface area contributed by atoms with Gasteiger partial charge in [0.1, 0.15) is 5.82 Å². The molecule has 0 amide bonds. The van der Waals surface area contributed by atoms with E-state index in [1.54, 1.807) is 0 Å². The molecule has 1 unspecified atom stereocenters. The molecule has 6 heteroatoms. The summed E-state index contributed by atoms with van der Waals surface area (Å²) in [7, 11) is -2.64. The number of rotatable bonds is 1. The Morgan fingerprint density at radius 1 is 1.17 bits per heavy atom. The molecule has 0 fully saturated rings. The van der Waals surface area contributed by atoms with Gasteiger partial charge in [-0.15, -0.1) is 0 Å². The Kier molecular flexibility index (Phi) is 2.70. The predicted octanol–water partition coefficient (Wildman–Crippen LogP) is 2.71. The highest BCUT2D eigenvalue weighted by molar-refractivity contribution is 7.80. The molecule has 1 nitrogen and oxygen atoms in total. The maximum atomic E-state index is 12.6. The van der Waals surface area contributed by atoms with Crippen molar-refractivity contribution in [3.63, 3.8) is 0 Å². The maximum absolute atomic E-state index is 12.6. The van der Waals surface area contributed by atoms with Crippen molar-refractivity contribution in [3.8, 4) is 0 Å². The molecule has 0 heterocycles. The lowest BCUT2D eigenvalue weighted by molar-refractivity contribution is 0.550. The van der Waals surface area contributed by atoms with Gasteiger partial charge in [-0.05, 0) is 4.57 Å². The molecule has 0 bridgehead atoms. The molecular weight excluding hydrogens is 211 g/mol. The zero-order chi connectivity index (χ0) is 9.30. The third kappa shape index (κ3) is 1.76. The van der Waals surface area contributed by atoms with Crippen molar-refractivity contribution in [2.24, 2.45) is 0 Å². The summed E-state index contributed by atoms with van der Waals surface area (Å²) >= 11 is 4.97. The molecule has 0 aliphatic rings. The van der Waals surface area contributed by atoms with Gasteiger partial charge in [0.25, 0.3) is 5.30 Å². The van der Waals surface area contributed by atoms with E-state index < -0.39 is 29.9 Å².